The molecule has 1 heterocycles. The van der Waals surface area contributed by atoms with Crippen molar-refractivity contribution < 1.29 is 9.53 Å². The predicted molar refractivity (Wildman–Crippen MR) is 49.4 cm³/mol. The fourth-order valence-electron chi connectivity index (χ4n) is 1.36. The Morgan fingerprint density at radius 2 is 2.33 bits per heavy atom. The number of carbonyl (C=O) groups is 1. The maximum Gasteiger partial charge on any atom is 0.323 e. The lowest BCUT2D eigenvalue weighted by molar-refractivity contribution is -0.145. The highest BCUT2D eigenvalue weighted by molar-refractivity contribution is 5.85. The highest BCUT2D eigenvalue weighted by Crippen LogP contribution is 2.19. The third-order valence-corrected chi connectivity index (χ3v) is 1.96. The van der Waals surface area contributed by atoms with Gasteiger partial charge in [0.1, 0.15) is 6.04 Å². The zero-order chi connectivity index (χ0) is 8.43. The van der Waals surface area contributed by atoms with E-state index in [9.17, 15) is 4.79 Å². The minimum absolute atomic E-state index is 0. The molecule has 1 unspecified atom stereocenters. The van der Waals surface area contributed by atoms with Crippen LogP contribution in [0.3, 0.4) is 0 Å². The standard InChI is InChI=1S/C8H13NO2.ClH/c1-6-4-7(8(10)11-3)9(2)5-6;/h7H,1,4-5H2,2-3H3;1H. The third kappa shape index (κ3) is 2.22. The Morgan fingerprint density at radius 1 is 1.75 bits per heavy atom. The monoisotopic (exact) mass is 191 g/mol. The van der Waals surface area contributed by atoms with Gasteiger partial charge in [-0.3, -0.25) is 9.69 Å². The molecule has 0 radical (unpaired) electrons. The summed E-state index contributed by atoms with van der Waals surface area (Å²) >= 11 is 0. The summed E-state index contributed by atoms with van der Waals surface area (Å²) in [5.74, 6) is -0.161. The molecule has 1 aliphatic heterocycles. The van der Waals surface area contributed by atoms with Crippen molar-refractivity contribution in [1.82, 2.24) is 4.90 Å². The summed E-state index contributed by atoms with van der Waals surface area (Å²) < 4.78 is 4.63. The molecule has 1 aliphatic rings. The summed E-state index contributed by atoms with van der Waals surface area (Å²) in [6, 6.07) is -0.104. The second kappa shape index (κ2) is 4.48. The van der Waals surface area contributed by atoms with Crippen LogP contribution in [0, 0.1) is 0 Å². The maximum absolute atomic E-state index is 11.1. The van der Waals surface area contributed by atoms with E-state index in [4.69, 9.17) is 0 Å². The van der Waals surface area contributed by atoms with Gasteiger partial charge in [-0.25, -0.2) is 0 Å². The van der Waals surface area contributed by atoms with Gasteiger partial charge in [0.2, 0.25) is 0 Å². The van der Waals surface area contributed by atoms with E-state index in [2.05, 4.69) is 11.3 Å². The average Bonchev–Trinajstić information content (AvgIpc) is 2.28. The lowest BCUT2D eigenvalue weighted by Crippen LogP contribution is -2.33. The van der Waals surface area contributed by atoms with E-state index in [1.165, 1.54) is 7.11 Å². The van der Waals surface area contributed by atoms with Gasteiger partial charge >= 0.3 is 5.97 Å². The van der Waals surface area contributed by atoms with Crippen molar-refractivity contribution in [2.45, 2.75) is 12.5 Å². The van der Waals surface area contributed by atoms with Crippen molar-refractivity contribution in [3.8, 4) is 0 Å². The van der Waals surface area contributed by atoms with Crippen LogP contribution in [0.4, 0.5) is 0 Å². The summed E-state index contributed by atoms with van der Waals surface area (Å²) in [4.78, 5) is 13.0. The van der Waals surface area contributed by atoms with E-state index < -0.39 is 0 Å². The first-order valence-electron chi connectivity index (χ1n) is 3.60. The SMILES string of the molecule is C=C1CC(C(=O)OC)N(C)C1.Cl. The molecule has 70 valence electrons. The van der Waals surface area contributed by atoms with Crippen LogP contribution in [0.2, 0.25) is 0 Å². The van der Waals surface area contributed by atoms with Gasteiger partial charge in [0.25, 0.3) is 0 Å². The van der Waals surface area contributed by atoms with Gasteiger partial charge in [-0.1, -0.05) is 12.2 Å². The average molecular weight is 192 g/mol. The number of likely N-dealkylation sites (tertiary alicyclic amines) is 1. The molecule has 1 rings (SSSR count). The predicted octanol–water partition coefficient (Wildman–Crippen LogP) is 0.841. The molecule has 3 nitrogen and oxygen atoms in total. The summed E-state index contributed by atoms with van der Waals surface area (Å²) in [7, 11) is 3.32. The highest BCUT2D eigenvalue weighted by Gasteiger charge is 2.30. The first kappa shape index (κ1) is 11.5. The van der Waals surface area contributed by atoms with Gasteiger partial charge in [0.05, 0.1) is 7.11 Å². The number of hydrogen-bond acceptors (Lipinski definition) is 3. The summed E-state index contributed by atoms with van der Waals surface area (Å²) in [6.07, 6.45) is 0.739. The molecule has 0 N–H and O–H groups in total. The van der Waals surface area contributed by atoms with Gasteiger partial charge in [0.15, 0.2) is 0 Å². The fourth-order valence-corrected chi connectivity index (χ4v) is 1.36. The van der Waals surface area contributed by atoms with Crippen molar-refractivity contribution in [2.24, 2.45) is 0 Å². The van der Waals surface area contributed by atoms with Crippen molar-refractivity contribution in [3.05, 3.63) is 12.2 Å². The normalized spacial score (nSPS) is 23.5. The summed E-state index contributed by atoms with van der Waals surface area (Å²) in [5, 5.41) is 0. The number of ether oxygens (including phenoxy) is 1. The first-order chi connectivity index (χ1) is 5.15. The molecule has 12 heavy (non-hydrogen) atoms. The van der Waals surface area contributed by atoms with E-state index in [0.717, 1.165) is 18.5 Å². The van der Waals surface area contributed by atoms with Gasteiger partial charge in [-0.05, 0) is 13.5 Å². The second-order valence-electron chi connectivity index (χ2n) is 2.91. The van der Waals surface area contributed by atoms with E-state index >= 15 is 0 Å². The van der Waals surface area contributed by atoms with Crippen LogP contribution in [-0.4, -0.2) is 37.6 Å². The second-order valence-corrected chi connectivity index (χ2v) is 2.91. The molecule has 4 heteroatoms. The number of methoxy groups -OCH3 is 1. The van der Waals surface area contributed by atoms with E-state index in [-0.39, 0.29) is 24.4 Å². The summed E-state index contributed by atoms with van der Waals surface area (Å²) in [5.41, 5.74) is 1.10. The Hall–Kier alpha value is -0.540. The highest BCUT2D eigenvalue weighted by atomic mass is 35.5. The quantitative estimate of drug-likeness (QED) is 0.455. The van der Waals surface area contributed by atoms with Gasteiger partial charge in [-0.15, -0.1) is 12.4 Å². The molecule has 0 spiro atoms. The van der Waals surface area contributed by atoms with Crippen LogP contribution in [0.25, 0.3) is 0 Å². The molecule has 0 amide bonds. The Labute approximate surface area is 78.8 Å². The molecule has 0 bridgehead atoms. The van der Waals surface area contributed by atoms with Crippen LogP contribution < -0.4 is 0 Å². The number of hydrogen-bond donors (Lipinski definition) is 0. The molecule has 1 fully saturated rings. The van der Waals surface area contributed by atoms with Crippen LogP contribution in [-0.2, 0) is 9.53 Å². The van der Waals surface area contributed by atoms with Gasteiger partial charge in [0, 0.05) is 6.54 Å². The number of halogens is 1. The zero-order valence-corrected chi connectivity index (χ0v) is 8.19. The maximum atomic E-state index is 11.1. The molecule has 0 aromatic rings. The molecule has 0 aromatic carbocycles. The number of carbonyl (C=O) groups excluding carboxylic acids is 1. The lowest BCUT2D eigenvalue weighted by Gasteiger charge is -2.15. The topological polar surface area (TPSA) is 29.5 Å². The largest absolute Gasteiger partial charge is 0.468 e. The van der Waals surface area contributed by atoms with Crippen LogP contribution >= 0.6 is 12.4 Å². The Morgan fingerprint density at radius 3 is 2.67 bits per heavy atom. The Balaban J connectivity index is 0.00000121. The van der Waals surface area contributed by atoms with Crippen LogP contribution in [0.5, 0.6) is 0 Å². The van der Waals surface area contributed by atoms with Crippen LogP contribution in [0.15, 0.2) is 12.2 Å². The van der Waals surface area contributed by atoms with Crippen LogP contribution in [0.1, 0.15) is 6.42 Å². The molecule has 0 aliphatic carbocycles. The van der Waals surface area contributed by atoms with Crippen molar-refractivity contribution in [1.29, 1.82) is 0 Å². The van der Waals surface area contributed by atoms with Gasteiger partial charge in [-0.2, -0.15) is 0 Å². The molecule has 0 saturated carbocycles. The molecule has 1 saturated heterocycles. The molecular weight excluding hydrogens is 178 g/mol. The van der Waals surface area contributed by atoms with E-state index in [1.54, 1.807) is 0 Å². The van der Waals surface area contributed by atoms with Gasteiger partial charge < -0.3 is 4.74 Å². The Kier molecular flexibility index (Phi) is 4.28. The van der Waals surface area contributed by atoms with E-state index in [0.29, 0.717) is 0 Å². The first-order valence-corrected chi connectivity index (χ1v) is 3.60. The number of rotatable bonds is 1. The lowest BCUT2D eigenvalue weighted by atomic mass is 10.2. The molecule has 1 atom stereocenters. The fraction of sp³-hybridized carbons (Fsp3) is 0.625. The number of esters is 1. The zero-order valence-electron chi connectivity index (χ0n) is 7.37. The Bertz CT molecular complexity index is 193. The number of nitrogens with zero attached hydrogens (tertiary/aromatic N) is 1. The smallest absolute Gasteiger partial charge is 0.323 e. The number of likely N-dealkylation sites (N-methyl/N-ethyl adjacent to an activating group) is 1. The molecular formula is C8H14ClNO2. The van der Waals surface area contributed by atoms with Crippen molar-refractivity contribution in [3.63, 3.8) is 0 Å². The van der Waals surface area contributed by atoms with E-state index in [1.807, 2.05) is 11.9 Å². The summed E-state index contributed by atoms with van der Waals surface area (Å²) in [6.45, 7) is 4.63. The van der Waals surface area contributed by atoms with Crippen molar-refractivity contribution >= 4 is 18.4 Å². The minimum atomic E-state index is -0.161. The third-order valence-electron chi connectivity index (χ3n) is 1.96. The molecule has 0 aromatic heterocycles. The minimum Gasteiger partial charge on any atom is -0.468 e. The van der Waals surface area contributed by atoms with Crippen molar-refractivity contribution in [2.75, 3.05) is 20.7 Å².